The summed E-state index contributed by atoms with van der Waals surface area (Å²) in [5.41, 5.74) is 0.859. The van der Waals surface area contributed by atoms with Crippen molar-refractivity contribution in [3.05, 3.63) is 11.3 Å². The van der Waals surface area contributed by atoms with Gasteiger partial charge in [0.1, 0.15) is 11.4 Å². The second kappa shape index (κ2) is 5.18. The molecule has 19 heavy (non-hydrogen) atoms. The van der Waals surface area contributed by atoms with Crippen LogP contribution < -0.4 is 0 Å². The van der Waals surface area contributed by atoms with E-state index in [-0.39, 0.29) is 16.8 Å². The minimum Gasteiger partial charge on any atom is -0.491 e. The van der Waals surface area contributed by atoms with Crippen LogP contribution in [0.1, 0.15) is 47.0 Å². The summed E-state index contributed by atoms with van der Waals surface area (Å²) in [6.07, 6.45) is 3.06. The summed E-state index contributed by atoms with van der Waals surface area (Å²) in [6.45, 7) is 8.71. The molecule has 0 aromatic rings. The minimum absolute atomic E-state index is 0.114. The van der Waals surface area contributed by atoms with Gasteiger partial charge >= 0.3 is 0 Å². The Hall–Kier alpha value is 0.170. The van der Waals surface area contributed by atoms with Crippen LogP contribution in [0.3, 0.4) is 0 Å². The molecule has 3 atom stereocenters. The van der Waals surface area contributed by atoms with Crippen molar-refractivity contribution in [1.29, 1.82) is 0 Å². The quantitative estimate of drug-likeness (QED) is 0.506. The van der Waals surface area contributed by atoms with Crippen LogP contribution in [0.4, 0.5) is 0 Å². The molecule has 0 radical (unpaired) electrons. The van der Waals surface area contributed by atoms with E-state index in [4.69, 9.17) is 4.74 Å². The highest BCUT2D eigenvalue weighted by Crippen LogP contribution is 2.57. The Kier molecular flexibility index (Phi) is 4.24. The standard InChI is InChI=1S/C15H22Br2O2/c1-9(10(18)8-16)11-7-12-14(2,3)13(17)5-6-15(12,4)19-11/h12-13H,5-8H2,1-4H3. The number of allylic oxidation sites excluding steroid dienone is 2. The lowest BCUT2D eigenvalue weighted by molar-refractivity contribution is -0.113. The monoisotopic (exact) mass is 392 g/mol. The second-order valence-corrected chi connectivity index (χ2v) is 8.27. The molecule has 3 unspecified atom stereocenters. The molecule has 0 bridgehead atoms. The molecule has 1 saturated heterocycles. The molecule has 2 fully saturated rings. The first-order valence-corrected chi connectivity index (χ1v) is 8.88. The lowest BCUT2D eigenvalue weighted by atomic mass is 9.61. The molecule has 2 nitrogen and oxygen atoms in total. The summed E-state index contributed by atoms with van der Waals surface area (Å²) >= 11 is 7.06. The van der Waals surface area contributed by atoms with Gasteiger partial charge in [0.25, 0.3) is 0 Å². The van der Waals surface area contributed by atoms with E-state index >= 15 is 0 Å². The zero-order chi connectivity index (χ0) is 14.4. The van der Waals surface area contributed by atoms with Crippen molar-refractivity contribution >= 4 is 37.6 Å². The molecular weight excluding hydrogens is 372 g/mol. The number of ether oxygens (including phenoxy) is 1. The van der Waals surface area contributed by atoms with Gasteiger partial charge in [-0.25, -0.2) is 0 Å². The Labute approximate surface area is 132 Å². The van der Waals surface area contributed by atoms with E-state index in [2.05, 4.69) is 52.6 Å². The number of carbonyl (C=O) groups excluding carboxylic acids is 1. The van der Waals surface area contributed by atoms with Crippen LogP contribution >= 0.6 is 31.9 Å². The third-order valence-electron chi connectivity index (χ3n) is 5.04. The fraction of sp³-hybridized carbons (Fsp3) is 0.800. The highest BCUT2D eigenvalue weighted by Gasteiger charge is 2.56. The lowest BCUT2D eigenvalue weighted by Crippen LogP contribution is -2.49. The van der Waals surface area contributed by atoms with Crippen molar-refractivity contribution in [2.45, 2.75) is 57.4 Å². The SMILES string of the molecule is CC(C(=O)CBr)=C1CC2C(C)(CCC(Br)C2(C)C)O1. The average molecular weight is 394 g/mol. The molecule has 2 aliphatic rings. The van der Waals surface area contributed by atoms with Crippen molar-refractivity contribution in [1.82, 2.24) is 0 Å². The molecule has 0 N–H and O–H groups in total. The fourth-order valence-corrected chi connectivity index (χ4v) is 4.53. The first-order chi connectivity index (χ1) is 8.72. The van der Waals surface area contributed by atoms with Crippen LogP contribution in [-0.4, -0.2) is 21.5 Å². The van der Waals surface area contributed by atoms with Gasteiger partial charge in [-0.2, -0.15) is 0 Å². The van der Waals surface area contributed by atoms with Gasteiger partial charge in [0, 0.05) is 22.7 Å². The number of fused-ring (bicyclic) bond motifs is 1. The van der Waals surface area contributed by atoms with Gasteiger partial charge in [-0.1, -0.05) is 45.7 Å². The number of ketones is 1. The van der Waals surface area contributed by atoms with E-state index in [9.17, 15) is 4.79 Å². The predicted octanol–water partition coefficient (Wildman–Crippen LogP) is 4.60. The molecule has 108 valence electrons. The third kappa shape index (κ3) is 2.55. The smallest absolute Gasteiger partial charge is 0.172 e. The van der Waals surface area contributed by atoms with Crippen molar-refractivity contribution in [2.24, 2.45) is 11.3 Å². The molecular formula is C15H22Br2O2. The molecule has 1 saturated carbocycles. The maximum atomic E-state index is 11.8. The van der Waals surface area contributed by atoms with Crippen LogP contribution in [0, 0.1) is 11.3 Å². The van der Waals surface area contributed by atoms with Crippen LogP contribution in [0.25, 0.3) is 0 Å². The number of hydrogen-bond donors (Lipinski definition) is 0. The van der Waals surface area contributed by atoms with Crippen LogP contribution in [-0.2, 0) is 9.53 Å². The number of carbonyl (C=O) groups is 1. The molecule has 0 aromatic heterocycles. The van der Waals surface area contributed by atoms with E-state index in [1.54, 1.807) is 0 Å². The molecule has 1 aliphatic carbocycles. The second-order valence-electron chi connectivity index (χ2n) is 6.60. The third-order valence-corrected chi connectivity index (χ3v) is 7.19. The van der Waals surface area contributed by atoms with Gasteiger partial charge in [-0.05, 0) is 32.1 Å². The van der Waals surface area contributed by atoms with Crippen molar-refractivity contribution in [3.63, 3.8) is 0 Å². The van der Waals surface area contributed by atoms with Crippen LogP contribution in [0.5, 0.6) is 0 Å². The Bertz CT molecular complexity index is 428. The van der Waals surface area contributed by atoms with Gasteiger partial charge in [0.05, 0.1) is 5.33 Å². The van der Waals surface area contributed by atoms with Gasteiger partial charge in [-0.3, -0.25) is 4.79 Å². The normalized spacial score (nSPS) is 39.5. The van der Waals surface area contributed by atoms with Gasteiger partial charge in [0.2, 0.25) is 0 Å². The highest BCUT2D eigenvalue weighted by atomic mass is 79.9. The Morgan fingerprint density at radius 2 is 2.05 bits per heavy atom. The van der Waals surface area contributed by atoms with E-state index in [1.165, 1.54) is 0 Å². The summed E-state index contributed by atoms with van der Waals surface area (Å²) in [5, 5.41) is 0.373. The molecule has 2 rings (SSSR count). The van der Waals surface area contributed by atoms with E-state index < -0.39 is 0 Å². The summed E-state index contributed by atoms with van der Waals surface area (Å²) < 4.78 is 6.24. The van der Waals surface area contributed by atoms with Crippen LogP contribution in [0.2, 0.25) is 0 Å². The Morgan fingerprint density at radius 3 is 2.63 bits per heavy atom. The Morgan fingerprint density at radius 1 is 1.42 bits per heavy atom. The molecule has 1 heterocycles. The van der Waals surface area contributed by atoms with Gasteiger partial charge in [-0.15, -0.1) is 0 Å². The number of hydrogen-bond acceptors (Lipinski definition) is 2. The lowest BCUT2D eigenvalue weighted by Gasteiger charge is -2.48. The number of halogens is 2. The molecule has 0 aromatic carbocycles. The first-order valence-electron chi connectivity index (χ1n) is 6.84. The number of Topliss-reactive ketones (excluding diaryl/α,β-unsaturated/α-hetero) is 1. The largest absolute Gasteiger partial charge is 0.491 e. The molecule has 4 heteroatoms. The summed E-state index contributed by atoms with van der Waals surface area (Å²) in [4.78, 5) is 12.4. The van der Waals surface area contributed by atoms with Gasteiger partial charge in [0.15, 0.2) is 5.78 Å². The van der Waals surface area contributed by atoms with Crippen molar-refractivity contribution in [2.75, 3.05) is 5.33 Å². The van der Waals surface area contributed by atoms with E-state index in [1.807, 2.05) is 6.92 Å². The van der Waals surface area contributed by atoms with E-state index in [0.717, 1.165) is 30.6 Å². The van der Waals surface area contributed by atoms with Crippen molar-refractivity contribution in [3.8, 4) is 0 Å². The zero-order valence-electron chi connectivity index (χ0n) is 12.1. The van der Waals surface area contributed by atoms with Crippen molar-refractivity contribution < 1.29 is 9.53 Å². The predicted molar refractivity (Wildman–Crippen MR) is 84.8 cm³/mol. The number of rotatable bonds is 2. The van der Waals surface area contributed by atoms with E-state index in [0.29, 0.717) is 16.1 Å². The molecule has 1 aliphatic heterocycles. The zero-order valence-corrected chi connectivity index (χ0v) is 15.2. The highest BCUT2D eigenvalue weighted by molar-refractivity contribution is 9.09. The maximum Gasteiger partial charge on any atom is 0.172 e. The topological polar surface area (TPSA) is 26.3 Å². The first kappa shape index (κ1) is 15.6. The fourth-order valence-electron chi connectivity index (χ4n) is 3.56. The number of alkyl halides is 2. The van der Waals surface area contributed by atoms with Gasteiger partial charge < -0.3 is 4.74 Å². The summed E-state index contributed by atoms with van der Waals surface area (Å²) in [7, 11) is 0. The maximum absolute atomic E-state index is 11.8. The van der Waals surface area contributed by atoms with Crippen LogP contribution in [0.15, 0.2) is 11.3 Å². The Balaban J connectivity index is 2.34. The minimum atomic E-state index is -0.114. The summed E-state index contributed by atoms with van der Waals surface area (Å²) in [5.74, 6) is 1.50. The average Bonchev–Trinajstić information content (AvgIpc) is 2.72. The summed E-state index contributed by atoms with van der Waals surface area (Å²) in [6, 6.07) is 0. The molecule has 0 spiro atoms. The molecule has 0 amide bonds.